The summed E-state index contributed by atoms with van der Waals surface area (Å²) in [6.07, 6.45) is 1.88. The van der Waals surface area contributed by atoms with Gasteiger partial charge < -0.3 is 10.1 Å². The van der Waals surface area contributed by atoms with E-state index in [1.54, 1.807) is 7.11 Å². The Labute approximate surface area is 93.3 Å². The van der Waals surface area contributed by atoms with Crippen molar-refractivity contribution in [2.45, 2.75) is 38.8 Å². The second kappa shape index (κ2) is 5.82. The fourth-order valence-corrected chi connectivity index (χ4v) is 2.35. The van der Waals surface area contributed by atoms with Crippen LogP contribution in [-0.4, -0.2) is 45.7 Å². The average molecular weight is 237 g/mol. The van der Waals surface area contributed by atoms with Gasteiger partial charge in [0.25, 0.3) is 0 Å². The van der Waals surface area contributed by atoms with Crippen LogP contribution in [0.4, 0.5) is 0 Å². The van der Waals surface area contributed by atoms with E-state index in [9.17, 15) is 8.42 Å². The molecule has 0 amide bonds. The molecule has 0 aliphatic carbocycles. The van der Waals surface area contributed by atoms with Crippen LogP contribution in [0, 0.1) is 0 Å². The van der Waals surface area contributed by atoms with Crippen LogP contribution in [-0.2, 0) is 14.6 Å². The first-order chi connectivity index (χ1) is 6.66. The summed E-state index contributed by atoms with van der Waals surface area (Å²) in [5.41, 5.74) is -0.180. The molecular weight excluding hydrogens is 214 g/mol. The molecule has 5 heteroatoms. The van der Waals surface area contributed by atoms with Gasteiger partial charge in [0.1, 0.15) is 9.84 Å². The van der Waals surface area contributed by atoms with Gasteiger partial charge in [-0.1, -0.05) is 0 Å². The molecule has 0 aromatic carbocycles. The highest BCUT2D eigenvalue weighted by Gasteiger charge is 2.21. The smallest absolute Gasteiger partial charge is 0.147 e. The lowest BCUT2D eigenvalue weighted by molar-refractivity contribution is 0.156. The highest BCUT2D eigenvalue weighted by atomic mass is 32.2. The van der Waals surface area contributed by atoms with Gasteiger partial charge in [-0.15, -0.1) is 0 Å². The van der Waals surface area contributed by atoms with E-state index < -0.39 is 9.84 Å². The lowest BCUT2D eigenvalue weighted by atomic mass is 10.0. The van der Waals surface area contributed by atoms with Crippen molar-refractivity contribution >= 4 is 9.84 Å². The Morgan fingerprint density at radius 2 is 1.93 bits per heavy atom. The van der Waals surface area contributed by atoms with Gasteiger partial charge in [-0.25, -0.2) is 8.42 Å². The van der Waals surface area contributed by atoms with E-state index in [1.807, 2.05) is 20.8 Å². The molecule has 0 fully saturated rings. The molecular formula is C10H23NO3S. The third-order valence-corrected chi connectivity index (χ3v) is 3.10. The fourth-order valence-electron chi connectivity index (χ4n) is 1.47. The van der Waals surface area contributed by atoms with E-state index in [4.69, 9.17) is 4.74 Å². The van der Waals surface area contributed by atoms with Gasteiger partial charge >= 0.3 is 0 Å². The Hall–Kier alpha value is -0.130. The first-order valence-corrected chi connectivity index (χ1v) is 7.17. The molecule has 0 aliphatic rings. The summed E-state index contributed by atoms with van der Waals surface area (Å²) >= 11 is 0. The zero-order valence-electron chi connectivity index (χ0n) is 10.3. The molecule has 0 radical (unpaired) electrons. The Bertz CT molecular complexity index is 272. The molecule has 1 N–H and O–H groups in total. The Kier molecular flexibility index (Phi) is 5.77. The van der Waals surface area contributed by atoms with Crippen molar-refractivity contribution in [3.8, 4) is 0 Å². The predicted molar refractivity (Wildman–Crippen MR) is 62.9 cm³/mol. The minimum absolute atomic E-state index is 0.180. The number of rotatable bonds is 7. The van der Waals surface area contributed by atoms with Gasteiger partial charge in [0.15, 0.2) is 0 Å². The fraction of sp³-hybridized carbons (Fsp3) is 1.00. The molecule has 1 unspecified atom stereocenters. The Balaban J connectivity index is 4.07. The molecule has 0 saturated heterocycles. The predicted octanol–water partition coefficient (Wildman–Crippen LogP) is 0.824. The van der Waals surface area contributed by atoms with Crippen LogP contribution in [0.15, 0.2) is 0 Å². The van der Waals surface area contributed by atoms with Crippen molar-refractivity contribution in [1.29, 1.82) is 0 Å². The van der Waals surface area contributed by atoms with E-state index in [0.29, 0.717) is 13.0 Å². The molecule has 0 aromatic rings. The summed E-state index contributed by atoms with van der Waals surface area (Å²) in [6, 6.07) is 0.226. The minimum Gasteiger partial charge on any atom is -0.383 e. The van der Waals surface area contributed by atoms with E-state index in [0.717, 1.165) is 0 Å². The molecule has 0 bridgehead atoms. The summed E-state index contributed by atoms with van der Waals surface area (Å²) in [5.74, 6) is 0.215. The van der Waals surface area contributed by atoms with Crippen molar-refractivity contribution < 1.29 is 13.2 Å². The van der Waals surface area contributed by atoms with Crippen LogP contribution < -0.4 is 5.32 Å². The quantitative estimate of drug-likeness (QED) is 0.712. The molecule has 0 saturated carbocycles. The second-order valence-corrected chi connectivity index (χ2v) is 7.02. The highest BCUT2D eigenvalue weighted by Crippen LogP contribution is 2.11. The van der Waals surface area contributed by atoms with Crippen molar-refractivity contribution in [1.82, 2.24) is 5.32 Å². The molecule has 15 heavy (non-hydrogen) atoms. The van der Waals surface area contributed by atoms with Crippen molar-refractivity contribution in [2.75, 3.05) is 25.7 Å². The number of hydrogen-bond donors (Lipinski definition) is 1. The number of hydrogen-bond acceptors (Lipinski definition) is 4. The van der Waals surface area contributed by atoms with Gasteiger partial charge in [-0.05, 0) is 27.2 Å². The zero-order valence-corrected chi connectivity index (χ0v) is 11.1. The molecule has 1 atom stereocenters. The van der Waals surface area contributed by atoms with Crippen molar-refractivity contribution in [3.63, 3.8) is 0 Å². The Morgan fingerprint density at radius 3 is 2.33 bits per heavy atom. The zero-order chi connectivity index (χ0) is 12.1. The standard InChI is InChI=1S/C10H23NO3S/c1-9(8-14-4)11-10(2,3)6-7-15(5,12)13/h9,11H,6-8H2,1-5H3. The molecule has 4 nitrogen and oxygen atoms in total. The van der Waals surface area contributed by atoms with Crippen LogP contribution in [0.25, 0.3) is 0 Å². The van der Waals surface area contributed by atoms with Crippen LogP contribution in [0.2, 0.25) is 0 Å². The minimum atomic E-state index is -2.88. The van der Waals surface area contributed by atoms with Crippen LogP contribution >= 0.6 is 0 Å². The summed E-state index contributed by atoms with van der Waals surface area (Å²) < 4.78 is 27.1. The van der Waals surface area contributed by atoms with Crippen molar-refractivity contribution in [3.05, 3.63) is 0 Å². The lowest BCUT2D eigenvalue weighted by Gasteiger charge is -2.29. The SMILES string of the molecule is COCC(C)NC(C)(C)CCS(C)(=O)=O. The maximum absolute atomic E-state index is 11.0. The molecule has 0 rings (SSSR count). The average Bonchev–Trinajstić information content (AvgIpc) is 1.99. The normalized spacial score (nSPS) is 15.3. The highest BCUT2D eigenvalue weighted by molar-refractivity contribution is 7.90. The molecule has 0 aliphatic heterocycles. The Morgan fingerprint density at radius 1 is 1.40 bits per heavy atom. The van der Waals surface area contributed by atoms with Crippen molar-refractivity contribution in [2.24, 2.45) is 0 Å². The lowest BCUT2D eigenvalue weighted by Crippen LogP contribution is -2.47. The third kappa shape index (κ3) is 8.84. The molecule has 0 aromatic heterocycles. The largest absolute Gasteiger partial charge is 0.383 e. The van der Waals surface area contributed by atoms with Gasteiger partial charge in [-0.2, -0.15) is 0 Å². The summed E-state index contributed by atoms with van der Waals surface area (Å²) in [6.45, 7) is 6.66. The van der Waals surface area contributed by atoms with Crippen LogP contribution in [0.1, 0.15) is 27.2 Å². The van der Waals surface area contributed by atoms with Crippen LogP contribution in [0.5, 0.6) is 0 Å². The monoisotopic (exact) mass is 237 g/mol. The molecule has 0 spiro atoms. The maximum atomic E-state index is 11.0. The summed E-state index contributed by atoms with van der Waals surface area (Å²) in [7, 11) is -1.22. The summed E-state index contributed by atoms with van der Waals surface area (Å²) in [4.78, 5) is 0. The number of nitrogens with one attached hydrogen (secondary N) is 1. The second-order valence-electron chi connectivity index (χ2n) is 4.76. The van der Waals surface area contributed by atoms with E-state index in [-0.39, 0.29) is 17.3 Å². The summed E-state index contributed by atoms with van der Waals surface area (Å²) in [5, 5.41) is 3.34. The molecule has 0 heterocycles. The van der Waals surface area contributed by atoms with Gasteiger partial charge in [0, 0.05) is 24.9 Å². The van der Waals surface area contributed by atoms with Gasteiger partial charge in [0.05, 0.1) is 12.4 Å². The van der Waals surface area contributed by atoms with Gasteiger partial charge in [-0.3, -0.25) is 0 Å². The third-order valence-electron chi connectivity index (χ3n) is 2.15. The topological polar surface area (TPSA) is 55.4 Å². The van der Waals surface area contributed by atoms with Crippen LogP contribution in [0.3, 0.4) is 0 Å². The number of ether oxygens (including phenoxy) is 1. The number of sulfone groups is 1. The van der Waals surface area contributed by atoms with E-state index in [2.05, 4.69) is 5.32 Å². The molecule has 92 valence electrons. The van der Waals surface area contributed by atoms with E-state index in [1.165, 1.54) is 6.26 Å². The maximum Gasteiger partial charge on any atom is 0.147 e. The van der Waals surface area contributed by atoms with Gasteiger partial charge in [0.2, 0.25) is 0 Å². The van der Waals surface area contributed by atoms with E-state index >= 15 is 0 Å². The first kappa shape index (κ1) is 14.9. The first-order valence-electron chi connectivity index (χ1n) is 5.11. The number of methoxy groups -OCH3 is 1.